The molecule has 8 aromatic rings. The van der Waals surface area contributed by atoms with Crippen molar-refractivity contribution in [1.29, 1.82) is 0 Å². The van der Waals surface area contributed by atoms with Crippen molar-refractivity contribution in [2.45, 2.75) is 148 Å². The molecule has 5 saturated heterocycles. The lowest BCUT2D eigenvalue weighted by Crippen LogP contribution is -2.56. The van der Waals surface area contributed by atoms with E-state index in [4.69, 9.17) is 135 Å². The van der Waals surface area contributed by atoms with Crippen LogP contribution in [-0.4, -0.2) is 156 Å². The molecule has 4 atom stereocenters. The highest BCUT2D eigenvalue weighted by atomic mass is 35.5. The predicted molar refractivity (Wildman–Crippen MR) is 471 cm³/mol. The van der Waals surface area contributed by atoms with E-state index in [1.165, 1.54) is 19.3 Å². The Morgan fingerprint density at radius 2 is 0.754 bits per heavy atom. The third-order valence-corrected chi connectivity index (χ3v) is 29.9. The lowest BCUT2D eigenvalue weighted by molar-refractivity contribution is 0.0607. The van der Waals surface area contributed by atoms with Crippen LogP contribution in [0.25, 0.3) is 0 Å². The number of rotatable bonds is 9. The number of nitrogens with zero attached hydrogens (tertiary/aromatic N) is 17. The van der Waals surface area contributed by atoms with Crippen LogP contribution in [0.2, 0.25) is 35.2 Å². The van der Waals surface area contributed by atoms with Crippen LogP contribution >= 0.6 is 81.2 Å². The molecule has 3 spiro atoms. The second-order valence-corrected chi connectivity index (χ2v) is 36.4. The van der Waals surface area contributed by atoms with Crippen molar-refractivity contribution in [2.24, 2.45) is 92.8 Å². The zero-order valence-electron chi connectivity index (χ0n) is 66.9. The molecule has 10 N–H and O–H groups in total. The average Bonchev–Trinajstić information content (AvgIpc) is 1.30. The van der Waals surface area contributed by atoms with E-state index in [9.17, 15) is 19.2 Å². The zero-order chi connectivity index (χ0) is 83.3. The van der Waals surface area contributed by atoms with E-state index in [0.29, 0.717) is 206 Å². The lowest BCUT2D eigenvalue weighted by atomic mass is 9.60. The minimum atomic E-state index is -0.123. The monoisotopic (exact) mass is 1740 g/mol. The van der Waals surface area contributed by atoms with Crippen molar-refractivity contribution in [3.63, 3.8) is 0 Å². The highest BCUT2D eigenvalue weighted by Gasteiger charge is 2.50. The molecule has 622 valence electrons. The Bertz CT molecular complexity index is 5730. The number of halogens is 7. The summed E-state index contributed by atoms with van der Waals surface area (Å²) in [5, 5.41) is 2.83. The number of nitrogen functional groups attached to an aromatic ring is 1. The fourth-order valence-electron chi connectivity index (χ4n) is 19.1. The van der Waals surface area contributed by atoms with Crippen molar-refractivity contribution in [3.05, 3.63) is 211 Å². The molecule has 14 heterocycles. The largest absolute Gasteiger partial charge is 0.382 e. The van der Waals surface area contributed by atoms with Crippen molar-refractivity contribution >= 4 is 134 Å². The molecule has 27 nitrogen and oxygen atoms in total. The number of piperidine rings is 4. The Balaban J connectivity index is 0.000000118. The highest BCUT2D eigenvalue weighted by Crippen LogP contribution is 2.50. The van der Waals surface area contributed by atoms with Gasteiger partial charge in [0.25, 0.3) is 22.2 Å². The normalized spacial score (nSPS) is 22.0. The van der Waals surface area contributed by atoms with Gasteiger partial charge in [0, 0.05) is 133 Å². The molecular weight excluding hydrogens is 1650 g/mol. The molecule has 2 aliphatic carbocycles. The van der Waals surface area contributed by atoms with Crippen LogP contribution in [0.5, 0.6) is 0 Å². The van der Waals surface area contributed by atoms with Crippen LogP contribution in [0, 0.1) is 21.7 Å². The van der Waals surface area contributed by atoms with Gasteiger partial charge in [-0.15, -0.1) is 0 Å². The molecule has 0 amide bonds. The van der Waals surface area contributed by atoms with E-state index in [0.717, 1.165) is 117 Å². The summed E-state index contributed by atoms with van der Waals surface area (Å²) in [7, 11) is 7.07. The first kappa shape index (κ1) is 83.5. The van der Waals surface area contributed by atoms with Gasteiger partial charge in [-0.1, -0.05) is 131 Å². The average molecular weight is 1740 g/mol. The standard InChI is InChI=1S/C22H25Cl2N5O2.C21H23Cl2N5O.C21H26ClN7O.C20H23Cl2N5O/c1-12-19(25)22(11-31-12)6-8-29(9-7-22)21-27-15-10-26-18(16(15)20(30)28(21)2)13-4-3-5-14(23)17(13)24;1-27-19(29)16-14(11-25-18(16)12-3-2-4-13(22)17(12)23)26-20(27)28-9-7-21(8-10-28)6-5-15(21)24;1-28-19(30)15-13(11-26-17(15)12-4-8-25-18(24)16(12)22)27-20(28)29-9-6-21(7-10-29)5-2-3-14(21)23;1-20(11-23)6-8-27(9-7-20)19-25-14-10-24-17(15(14)18(28)26(19)2)12-4-3-5-13(21)16(12)22/h3-5,12,19H,6-11,25H2,1-2H3;2-4,15H,5-11,24H2,1H3;4,8,14H,2-3,5-7,9-11,23H2,1H3,(H2,24,25);3-5H,6-11,23H2,1-2H3/t12-,19+;15-;14-;/m001./s1. The van der Waals surface area contributed by atoms with E-state index in [2.05, 4.69) is 51.5 Å². The number of hydrogen-bond acceptors (Lipinski definition) is 23. The first-order valence-electron chi connectivity index (χ1n) is 40.4. The summed E-state index contributed by atoms with van der Waals surface area (Å²) in [6, 6.07) is 18.5. The Kier molecular flexibility index (Phi) is 23.4. The number of benzene rings is 3. The maximum absolute atomic E-state index is 13.3. The molecule has 118 heavy (non-hydrogen) atoms. The smallest absolute Gasteiger partial charge is 0.264 e. The van der Waals surface area contributed by atoms with Gasteiger partial charge in [-0.05, 0) is 131 Å². The Labute approximate surface area is 718 Å². The highest BCUT2D eigenvalue weighted by molar-refractivity contribution is 6.46. The third kappa shape index (κ3) is 14.9. The fourth-order valence-corrected chi connectivity index (χ4v) is 20.5. The van der Waals surface area contributed by atoms with Crippen molar-refractivity contribution in [1.82, 2.24) is 43.2 Å². The lowest BCUT2D eigenvalue weighted by Gasteiger charge is -2.52. The molecule has 7 fully saturated rings. The number of aromatic nitrogens is 9. The predicted octanol–water partition coefficient (Wildman–Crippen LogP) is 10.8. The third-order valence-electron chi connectivity index (χ3n) is 27.1. The van der Waals surface area contributed by atoms with Crippen LogP contribution in [0.3, 0.4) is 0 Å². The van der Waals surface area contributed by atoms with Crippen LogP contribution < -0.4 is 70.5 Å². The van der Waals surface area contributed by atoms with E-state index in [1.807, 2.05) is 31.2 Å². The van der Waals surface area contributed by atoms with E-state index in [1.54, 1.807) is 89.1 Å². The van der Waals surface area contributed by atoms with Gasteiger partial charge < -0.3 is 53.0 Å². The molecule has 9 aliphatic heterocycles. The molecule has 19 rings (SSSR count). The van der Waals surface area contributed by atoms with E-state index >= 15 is 0 Å². The molecule has 3 aromatic carbocycles. The second kappa shape index (κ2) is 33.0. The zero-order valence-corrected chi connectivity index (χ0v) is 72.2. The molecule has 0 unspecified atom stereocenters. The van der Waals surface area contributed by atoms with Crippen LogP contribution in [0.4, 0.5) is 29.6 Å². The Morgan fingerprint density at radius 3 is 1.05 bits per heavy atom. The fraction of sp³-hybridized carbons (Fsp3) is 0.488. The summed E-state index contributed by atoms with van der Waals surface area (Å²) in [5.41, 5.74) is 40.8. The van der Waals surface area contributed by atoms with Crippen molar-refractivity contribution < 1.29 is 4.74 Å². The van der Waals surface area contributed by atoms with Gasteiger partial charge in [-0.3, -0.25) is 57.4 Å². The van der Waals surface area contributed by atoms with Gasteiger partial charge in [-0.25, -0.2) is 24.9 Å². The molecule has 0 bridgehead atoms. The minimum Gasteiger partial charge on any atom is -0.382 e. The quantitative estimate of drug-likeness (QED) is 0.0896. The summed E-state index contributed by atoms with van der Waals surface area (Å²) in [6.07, 6.45) is 15.6. The maximum Gasteiger partial charge on any atom is 0.264 e. The molecule has 5 aromatic heterocycles. The maximum atomic E-state index is 13.3. The summed E-state index contributed by atoms with van der Waals surface area (Å²) in [6.45, 7) is 13.8. The number of hydrogen-bond donors (Lipinski definition) is 5. The first-order valence-corrected chi connectivity index (χ1v) is 43.0. The van der Waals surface area contributed by atoms with Crippen molar-refractivity contribution in [2.75, 3.05) is 90.8 Å². The number of nitrogens with two attached hydrogens (primary N) is 5. The van der Waals surface area contributed by atoms with Crippen molar-refractivity contribution in [3.8, 4) is 0 Å². The van der Waals surface area contributed by atoms with Crippen LogP contribution in [0.15, 0.2) is 106 Å². The number of aliphatic imine (C=N–C) groups is 4. The molecule has 11 aliphatic rings. The Morgan fingerprint density at radius 1 is 0.432 bits per heavy atom. The van der Waals surface area contributed by atoms with E-state index in [-0.39, 0.29) is 56.4 Å². The first-order chi connectivity index (χ1) is 56.5. The number of ether oxygens (including phenoxy) is 1. The number of fused-ring (bicyclic) bond motifs is 4. The van der Waals surface area contributed by atoms with Crippen LogP contribution in [0.1, 0.15) is 165 Å². The molecule has 34 heteroatoms. The summed E-state index contributed by atoms with van der Waals surface area (Å²) in [5.74, 6) is 3.01. The number of pyridine rings is 1. The van der Waals surface area contributed by atoms with Gasteiger partial charge in [0.1, 0.15) is 5.82 Å². The SMILES string of the molecule is C[C@@H]1OCC2(CCN(c3nc4c(c(=O)n3C)C(c3cccc(Cl)c3Cl)=NC4)CC2)[C@@H]1N.Cn1c(N2CCC(C)(CN)CC2)nc2c(c1=O)C(c1cccc(Cl)c1Cl)=NC2.Cn1c(N2CCC3(CCC[C@H]3N)CC2)nc2c(c1=O)C(c1ccnc(N)c1Cl)=NC2.Cn1c(N2CCC3(CC[C@@H]3N)CC2)nc2c(c1=O)C(c1cccc(Cl)c1Cl)=NC2. The topological polar surface area (TPSA) is 354 Å². The summed E-state index contributed by atoms with van der Waals surface area (Å²) >= 11 is 44.0. The van der Waals surface area contributed by atoms with Gasteiger partial charge in [0.15, 0.2) is 0 Å². The van der Waals surface area contributed by atoms with Gasteiger partial charge in [0.2, 0.25) is 23.8 Å². The minimum absolute atomic E-state index is 0.0190. The summed E-state index contributed by atoms with van der Waals surface area (Å²) in [4.78, 5) is 104. The number of anilines is 5. The van der Waals surface area contributed by atoms with E-state index < -0.39 is 0 Å². The molecule has 2 saturated carbocycles. The van der Waals surface area contributed by atoms with Gasteiger partial charge in [0.05, 0.1) is 142 Å². The molecular formula is C84H97Cl7N22O5. The summed E-state index contributed by atoms with van der Waals surface area (Å²) < 4.78 is 12.3. The second-order valence-electron chi connectivity index (χ2n) is 33.6. The molecule has 0 radical (unpaired) electrons. The van der Waals surface area contributed by atoms with Gasteiger partial charge >= 0.3 is 0 Å². The Hall–Kier alpha value is -8.16. The van der Waals surface area contributed by atoms with Gasteiger partial charge in [-0.2, -0.15) is 0 Å². The van der Waals surface area contributed by atoms with Crippen LogP contribution in [-0.2, 0) is 59.1 Å².